The molecule has 3 fully saturated rings. The Labute approximate surface area is 260 Å². The number of halogens is 2. The van der Waals surface area contributed by atoms with Gasteiger partial charge in [-0.3, -0.25) is 28.0 Å². The highest BCUT2D eigenvalue weighted by Crippen LogP contribution is 2.54. The van der Waals surface area contributed by atoms with E-state index in [0.29, 0.717) is 11.2 Å². The summed E-state index contributed by atoms with van der Waals surface area (Å²) in [5.74, 6) is -0.254. The minimum absolute atomic E-state index is 0.0852. The number of hydrogen-bond donors (Lipinski definition) is 5. The van der Waals surface area contributed by atoms with Crippen molar-refractivity contribution in [2.45, 2.75) is 49.2 Å². The van der Waals surface area contributed by atoms with Crippen LogP contribution in [0, 0.1) is 0 Å². The van der Waals surface area contributed by atoms with Gasteiger partial charge in [0.2, 0.25) is 5.95 Å². The quantitative estimate of drug-likeness (QED) is 0.177. The summed E-state index contributed by atoms with van der Waals surface area (Å²) >= 11 is 10.3. The van der Waals surface area contributed by atoms with E-state index >= 15 is 8.78 Å². The number of alkyl halides is 2. The van der Waals surface area contributed by atoms with Gasteiger partial charge in [-0.2, -0.15) is 4.98 Å². The molecule has 0 radical (unpaired) electrons. The average Bonchev–Trinajstić information content (AvgIpc) is 3.72. The number of anilines is 2. The molecule has 0 saturated carbocycles. The van der Waals surface area contributed by atoms with E-state index in [0.717, 1.165) is 10.9 Å². The number of H-pyrrole nitrogens is 1. The lowest BCUT2D eigenvalue weighted by atomic mass is 10.1. The van der Waals surface area contributed by atoms with Gasteiger partial charge in [-0.1, -0.05) is 0 Å². The molecule has 3 aliphatic heterocycles. The summed E-state index contributed by atoms with van der Waals surface area (Å²) < 4.78 is 68.0. The van der Waals surface area contributed by atoms with E-state index < -0.39 is 81.4 Å². The number of hydrogen-bond acceptors (Lipinski definition) is 15. The third-order valence-electron chi connectivity index (χ3n) is 7.34. The van der Waals surface area contributed by atoms with Gasteiger partial charge in [0, 0.05) is 6.20 Å². The number of aromatic nitrogens is 7. The molecule has 242 valence electrons. The van der Waals surface area contributed by atoms with Crippen LogP contribution in [0.4, 0.5) is 20.4 Å². The Balaban J connectivity index is 1.21. The van der Waals surface area contributed by atoms with Crippen LogP contribution in [0.5, 0.6) is 0 Å². The fourth-order valence-corrected chi connectivity index (χ4v) is 8.16. The molecule has 0 spiro atoms. The number of ether oxygens (including phenoxy) is 2. The smallest absolute Gasteiger partial charge is 0.325 e. The van der Waals surface area contributed by atoms with E-state index in [-0.39, 0.29) is 22.8 Å². The Morgan fingerprint density at radius 3 is 2.24 bits per heavy atom. The zero-order valence-corrected chi connectivity index (χ0v) is 25.8. The lowest BCUT2D eigenvalue weighted by molar-refractivity contribution is -0.0599. The van der Waals surface area contributed by atoms with Crippen LogP contribution in [-0.4, -0.2) is 93.8 Å². The standard InChI is InChI=1S/C21H23F2N9O9P2S2/c22-10-8-3-36-42(34,44)40-14-9(39-19(11(14)23)31-5-27-12-7(24)1-2-26-16(12)31)4-37-43(35,45)41-15(10)20(38-8)32-6-28-13-17(32)29-21(25)30-18(13)33/h1-2,5-6,8-11,14-15,19-20H,3-4H2,(H2,24,26)(H,34,44)(H,35,45)(H3,25,29,30,33)/t8-,9-,10-,11-,14-,15-,19-,20-,42?,43?/m1/s1. The van der Waals surface area contributed by atoms with E-state index in [1.54, 1.807) is 0 Å². The molecule has 2 bridgehead atoms. The number of rotatable bonds is 2. The van der Waals surface area contributed by atoms with Crippen molar-refractivity contribution in [2.24, 2.45) is 0 Å². The highest BCUT2D eigenvalue weighted by Gasteiger charge is 2.53. The number of imidazole rings is 2. The number of nitrogens with zero attached hydrogens (tertiary/aromatic N) is 6. The molecule has 4 aromatic rings. The van der Waals surface area contributed by atoms with Crippen molar-refractivity contribution < 1.29 is 46.1 Å². The molecule has 3 aliphatic rings. The van der Waals surface area contributed by atoms with Gasteiger partial charge in [0.25, 0.3) is 5.56 Å². The van der Waals surface area contributed by atoms with Gasteiger partial charge in [-0.25, -0.2) is 23.7 Å². The Morgan fingerprint density at radius 2 is 1.51 bits per heavy atom. The molecule has 4 aromatic heterocycles. The fraction of sp³-hybridized carbons (Fsp3) is 0.476. The van der Waals surface area contributed by atoms with Crippen molar-refractivity contribution in [3.63, 3.8) is 0 Å². The van der Waals surface area contributed by atoms with Gasteiger partial charge < -0.3 is 39.8 Å². The summed E-state index contributed by atoms with van der Waals surface area (Å²) in [6, 6.07) is 1.52. The summed E-state index contributed by atoms with van der Waals surface area (Å²) in [6.45, 7) is -9.99. The number of nitrogens with one attached hydrogen (secondary N) is 1. The lowest BCUT2D eigenvalue weighted by Crippen LogP contribution is -2.34. The molecular formula is C21H23F2N9O9P2S2. The maximum atomic E-state index is 16.0. The third-order valence-corrected chi connectivity index (χ3v) is 10.5. The van der Waals surface area contributed by atoms with Gasteiger partial charge in [-0.15, -0.1) is 0 Å². The molecule has 7 N–H and O–H groups in total. The molecule has 10 atom stereocenters. The topological polar surface area (TPSA) is 242 Å². The molecular weight excluding hydrogens is 686 g/mol. The van der Waals surface area contributed by atoms with Gasteiger partial charge in [0.1, 0.15) is 29.9 Å². The van der Waals surface area contributed by atoms with Crippen LogP contribution in [0.3, 0.4) is 0 Å². The molecule has 7 heterocycles. The van der Waals surface area contributed by atoms with E-state index in [1.807, 2.05) is 0 Å². The second kappa shape index (κ2) is 11.3. The van der Waals surface area contributed by atoms with Crippen LogP contribution in [0.2, 0.25) is 0 Å². The van der Waals surface area contributed by atoms with Gasteiger partial charge >= 0.3 is 13.4 Å². The second-order valence-corrected chi connectivity index (χ2v) is 15.8. The molecule has 0 amide bonds. The lowest BCUT2D eigenvalue weighted by Gasteiger charge is -2.27. The number of fused-ring (bicyclic) bond motifs is 5. The van der Waals surface area contributed by atoms with Crippen molar-refractivity contribution in [1.82, 2.24) is 34.1 Å². The summed E-state index contributed by atoms with van der Waals surface area (Å²) in [5.41, 5.74) is 11.5. The molecule has 7 rings (SSSR count). The third kappa shape index (κ3) is 5.57. The molecule has 24 heteroatoms. The van der Waals surface area contributed by atoms with Crippen molar-refractivity contribution >= 4 is 71.0 Å². The van der Waals surface area contributed by atoms with Crippen molar-refractivity contribution in [3.05, 3.63) is 35.3 Å². The fourth-order valence-electron chi connectivity index (χ4n) is 5.32. The molecule has 3 saturated heterocycles. The molecule has 2 unspecified atom stereocenters. The van der Waals surface area contributed by atoms with E-state index in [1.165, 1.54) is 23.2 Å². The van der Waals surface area contributed by atoms with Gasteiger partial charge in [0.15, 0.2) is 41.6 Å². The predicted octanol–water partition coefficient (Wildman–Crippen LogP) is 0.451. The van der Waals surface area contributed by atoms with E-state index in [4.69, 9.17) is 62.6 Å². The summed E-state index contributed by atoms with van der Waals surface area (Å²) in [5, 5.41) is 0. The maximum Gasteiger partial charge on any atom is 0.325 e. The second-order valence-electron chi connectivity index (χ2n) is 10.2. The molecule has 45 heavy (non-hydrogen) atoms. The Bertz CT molecular complexity index is 1950. The average molecular weight is 710 g/mol. The van der Waals surface area contributed by atoms with Crippen LogP contribution < -0.4 is 17.0 Å². The Kier molecular flexibility index (Phi) is 7.78. The summed E-state index contributed by atoms with van der Waals surface area (Å²) in [6.07, 6.45) is -9.25. The summed E-state index contributed by atoms with van der Waals surface area (Å²) in [7, 11) is 0. The first-order valence-corrected chi connectivity index (χ1v) is 18.2. The highest BCUT2D eigenvalue weighted by molar-refractivity contribution is 8.07. The molecule has 0 aromatic carbocycles. The maximum absolute atomic E-state index is 16.0. The minimum Gasteiger partial charge on any atom is -0.397 e. The van der Waals surface area contributed by atoms with Gasteiger partial charge in [0.05, 0.1) is 31.6 Å². The monoisotopic (exact) mass is 709 g/mol. The number of nitrogen functional groups attached to an aromatic ring is 2. The Morgan fingerprint density at radius 1 is 0.889 bits per heavy atom. The minimum atomic E-state index is -4.34. The first kappa shape index (κ1) is 31.0. The first-order chi connectivity index (χ1) is 21.3. The van der Waals surface area contributed by atoms with Crippen molar-refractivity contribution in [1.29, 1.82) is 0 Å². The normalized spacial score (nSPS) is 37.7. The molecule has 18 nitrogen and oxygen atoms in total. The molecule has 0 aliphatic carbocycles. The first-order valence-electron chi connectivity index (χ1n) is 13.0. The summed E-state index contributed by atoms with van der Waals surface area (Å²) in [4.78, 5) is 52.9. The van der Waals surface area contributed by atoms with Gasteiger partial charge in [-0.05, 0) is 29.7 Å². The van der Waals surface area contributed by atoms with Crippen LogP contribution >= 0.6 is 13.4 Å². The SMILES string of the molecule is Nc1nc2c(ncn2[C@@H]2O[C@@H]3COP(O)(=S)O[C@H]4[C@@H](F)[C@H](n5cnc6c(N)ccnc65)O[C@@H]4COP(O)(=S)O[C@@H]2[C@@H]3F)c(=O)[nH]1. The number of pyridine rings is 1. The predicted molar refractivity (Wildman–Crippen MR) is 157 cm³/mol. The zero-order valence-electron chi connectivity index (χ0n) is 22.4. The van der Waals surface area contributed by atoms with Crippen LogP contribution in [0.1, 0.15) is 12.5 Å². The van der Waals surface area contributed by atoms with Crippen molar-refractivity contribution in [3.8, 4) is 0 Å². The van der Waals surface area contributed by atoms with Crippen LogP contribution in [0.15, 0.2) is 29.7 Å². The van der Waals surface area contributed by atoms with Crippen molar-refractivity contribution in [2.75, 3.05) is 24.7 Å². The van der Waals surface area contributed by atoms with Crippen LogP contribution in [0.25, 0.3) is 22.3 Å². The Hall–Kier alpha value is -2.59. The van der Waals surface area contributed by atoms with E-state index in [9.17, 15) is 14.6 Å². The number of nitrogens with two attached hydrogens (primary N) is 2. The largest absolute Gasteiger partial charge is 0.397 e. The highest BCUT2D eigenvalue weighted by atomic mass is 32.5. The van der Waals surface area contributed by atoms with E-state index in [2.05, 4.69) is 24.9 Å². The number of aromatic amines is 1. The zero-order chi connectivity index (χ0) is 31.8. The van der Waals surface area contributed by atoms with Crippen LogP contribution in [-0.2, 0) is 51.2 Å².